The first kappa shape index (κ1) is 14.9. The summed E-state index contributed by atoms with van der Waals surface area (Å²) in [5, 5.41) is 10.7. The highest BCUT2D eigenvalue weighted by molar-refractivity contribution is 7.87. The maximum Gasteiger partial charge on any atom is 0.388 e. The lowest BCUT2D eigenvalue weighted by Crippen LogP contribution is -2.11. The van der Waals surface area contributed by atoms with Crippen LogP contribution in [0.2, 0.25) is 0 Å². The van der Waals surface area contributed by atoms with E-state index >= 15 is 0 Å². The largest absolute Gasteiger partial charge is 0.391 e. The molecule has 0 amide bonds. The number of nitrogens with zero attached hydrogens (tertiary/aromatic N) is 2. The van der Waals surface area contributed by atoms with Gasteiger partial charge in [0.1, 0.15) is 11.1 Å². The number of nitrogens with two attached hydrogens (primary N) is 1. The van der Waals surface area contributed by atoms with E-state index in [1.165, 1.54) is 0 Å². The highest BCUT2D eigenvalue weighted by atomic mass is 32.2. The first-order valence-corrected chi connectivity index (χ1v) is 7.15. The van der Waals surface area contributed by atoms with Crippen molar-refractivity contribution in [1.82, 2.24) is 4.98 Å². The van der Waals surface area contributed by atoms with Gasteiger partial charge in [0, 0.05) is 6.07 Å². The second-order valence-electron chi connectivity index (χ2n) is 4.01. The normalized spacial score (nSPS) is 11.2. The molecule has 0 atom stereocenters. The standard InChI is InChI=1S/C12H11N3O5S/c13-11-10(6-7-14-12(11)15(16)17)21(18,19)20-8-9-4-2-1-3-5-9/h1-7H,8,13H2. The Morgan fingerprint density at radius 3 is 2.52 bits per heavy atom. The first-order valence-electron chi connectivity index (χ1n) is 5.74. The molecule has 1 aromatic heterocycles. The zero-order valence-electron chi connectivity index (χ0n) is 10.7. The fourth-order valence-electron chi connectivity index (χ4n) is 1.59. The van der Waals surface area contributed by atoms with Gasteiger partial charge in [-0.2, -0.15) is 8.42 Å². The molecule has 0 aliphatic rings. The molecule has 21 heavy (non-hydrogen) atoms. The maximum atomic E-state index is 12.0. The Kier molecular flexibility index (Phi) is 4.15. The molecule has 2 aromatic rings. The summed E-state index contributed by atoms with van der Waals surface area (Å²) in [6, 6.07) is 9.68. The van der Waals surface area contributed by atoms with E-state index in [1.54, 1.807) is 30.3 Å². The number of nitrogen functional groups attached to an aromatic ring is 1. The monoisotopic (exact) mass is 309 g/mol. The molecule has 0 aliphatic carbocycles. The Labute approximate surface area is 120 Å². The smallest absolute Gasteiger partial charge is 0.388 e. The number of hydrogen-bond donors (Lipinski definition) is 1. The van der Waals surface area contributed by atoms with E-state index < -0.39 is 31.4 Å². The number of pyridine rings is 1. The highest BCUT2D eigenvalue weighted by Gasteiger charge is 2.26. The van der Waals surface area contributed by atoms with Gasteiger partial charge in [0.05, 0.1) is 6.61 Å². The molecule has 0 radical (unpaired) electrons. The van der Waals surface area contributed by atoms with Gasteiger partial charge in [-0.3, -0.25) is 4.18 Å². The minimum atomic E-state index is -4.21. The van der Waals surface area contributed by atoms with E-state index in [0.717, 1.165) is 12.3 Å². The average molecular weight is 309 g/mol. The zero-order chi connectivity index (χ0) is 15.5. The number of benzene rings is 1. The van der Waals surface area contributed by atoms with Gasteiger partial charge in [-0.05, 0) is 15.5 Å². The summed E-state index contributed by atoms with van der Waals surface area (Å²) >= 11 is 0. The van der Waals surface area contributed by atoms with Crippen LogP contribution in [-0.2, 0) is 20.9 Å². The van der Waals surface area contributed by atoms with Crippen molar-refractivity contribution in [2.45, 2.75) is 11.5 Å². The van der Waals surface area contributed by atoms with Crippen LogP contribution in [0.15, 0.2) is 47.5 Å². The molecule has 0 bridgehead atoms. The highest BCUT2D eigenvalue weighted by Crippen LogP contribution is 2.27. The first-order chi connectivity index (χ1) is 9.92. The fourth-order valence-corrected chi connectivity index (χ4v) is 2.60. The molecule has 9 heteroatoms. The van der Waals surface area contributed by atoms with Crippen molar-refractivity contribution in [1.29, 1.82) is 0 Å². The van der Waals surface area contributed by atoms with E-state index in [-0.39, 0.29) is 6.61 Å². The number of rotatable bonds is 5. The topological polar surface area (TPSA) is 125 Å². The van der Waals surface area contributed by atoms with Gasteiger partial charge in [0.25, 0.3) is 10.1 Å². The Balaban J connectivity index is 2.28. The number of hydrogen-bond acceptors (Lipinski definition) is 7. The minimum Gasteiger partial charge on any atom is -0.391 e. The third-order valence-corrected chi connectivity index (χ3v) is 3.92. The quantitative estimate of drug-likeness (QED) is 0.503. The minimum absolute atomic E-state index is 0.196. The van der Waals surface area contributed by atoms with Gasteiger partial charge in [-0.1, -0.05) is 30.3 Å². The van der Waals surface area contributed by atoms with E-state index in [0.29, 0.717) is 5.56 Å². The van der Waals surface area contributed by atoms with Crippen LogP contribution in [0, 0.1) is 10.1 Å². The third-order valence-electron chi connectivity index (χ3n) is 2.59. The number of aromatic nitrogens is 1. The van der Waals surface area contributed by atoms with Crippen LogP contribution in [-0.4, -0.2) is 18.3 Å². The molecule has 2 rings (SSSR count). The van der Waals surface area contributed by atoms with Gasteiger partial charge in [-0.25, -0.2) is 0 Å². The van der Waals surface area contributed by atoms with Crippen LogP contribution in [0.3, 0.4) is 0 Å². The molecule has 8 nitrogen and oxygen atoms in total. The molecule has 0 unspecified atom stereocenters. The summed E-state index contributed by atoms with van der Waals surface area (Å²) in [4.78, 5) is 12.8. The lowest BCUT2D eigenvalue weighted by atomic mass is 10.2. The second kappa shape index (κ2) is 5.85. The molecule has 0 saturated carbocycles. The summed E-state index contributed by atoms with van der Waals surface area (Å²) in [7, 11) is -4.21. The van der Waals surface area contributed by atoms with Crippen LogP contribution in [0.25, 0.3) is 0 Å². The summed E-state index contributed by atoms with van der Waals surface area (Å²) in [5.41, 5.74) is 5.57. The summed E-state index contributed by atoms with van der Waals surface area (Å²) in [6.45, 7) is -0.196. The lowest BCUT2D eigenvalue weighted by Gasteiger charge is -2.07. The van der Waals surface area contributed by atoms with Crippen molar-refractivity contribution in [2.75, 3.05) is 5.73 Å². The molecule has 0 saturated heterocycles. The molecular formula is C12H11N3O5S. The van der Waals surface area contributed by atoms with E-state index in [4.69, 9.17) is 9.92 Å². The van der Waals surface area contributed by atoms with E-state index in [1.807, 2.05) is 0 Å². The predicted octanol–water partition coefficient (Wildman–Crippen LogP) is 1.48. The van der Waals surface area contributed by atoms with Crippen molar-refractivity contribution in [3.63, 3.8) is 0 Å². The van der Waals surface area contributed by atoms with Gasteiger partial charge in [0.2, 0.25) is 0 Å². The van der Waals surface area contributed by atoms with Gasteiger partial charge >= 0.3 is 5.82 Å². The van der Waals surface area contributed by atoms with Crippen molar-refractivity contribution in [3.8, 4) is 0 Å². The average Bonchev–Trinajstić information content (AvgIpc) is 2.46. The maximum absolute atomic E-state index is 12.0. The van der Waals surface area contributed by atoms with Crippen molar-refractivity contribution in [3.05, 3.63) is 58.3 Å². The van der Waals surface area contributed by atoms with Crippen molar-refractivity contribution < 1.29 is 17.5 Å². The van der Waals surface area contributed by atoms with Crippen molar-refractivity contribution >= 4 is 21.6 Å². The summed E-state index contributed by atoms with van der Waals surface area (Å²) < 4.78 is 29.0. The Morgan fingerprint density at radius 1 is 1.24 bits per heavy atom. The van der Waals surface area contributed by atoms with Gasteiger partial charge in [-0.15, -0.1) is 0 Å². The number of anilines is 1. The molecule has 1 aromatic carbocycles. The third kappa shape index (κ3) is 3.33. The van der Waals surface area contributed by atoms with Crippen molar-refractivity contribution in [2.24, 2.45) is 0 Å². The molecule has 0 spiro atoms. The van der Waals surface area contributed by atoms with Crippen LogP contribution in [0.1, 0.15) is 5.56 Å². The van der Waals surface area contributed by atoms with E-state index in [9.17, 15) is 18.5 Å². The molecular weight excluding hydrogens is 298 g/mol. The van der Waals surface area contributed by atoms with Gasteiger partial charge in [0.15, 0.2) is 5.69 Å². The predicted molar refractivity (Wildman–Crippen MR) is 73.7 cm³/mol. The molecule has 2 N–H and O–H groups in total. The molecule has 110 valence electrons. The van der Waals surface area contributed by atoms with Crippen LogP contribution in [0.5, 0.6) is 0 Å². The molecule has 1 heterocycles. The Morgan fingerprint density at radius 2 is 1.90 bits per heavy atom. The fraction of sp³-hybridized carbons (Fsp3) is 0.0833. The molecule has 0 aliphatic heterocycles. The Bertz CT molecular complexity index is 762. The lowest BCUT2D eigenvalue weighted by molar-refractivity contribution is -0.388. The SMILES string of the molecule is Nc1c(S(=O)(=O)OCc2ccccc2)ccnc1[N+](=O)[O-]. The second-order valence-corrected chi connectivity index (χ2v) is 5.59. The summed E-state index contributed by atoms with van der Waals surface area (Å²) in [5.74, 6) is -0.723. The van der Waals surface area contributed by atoms with E-state index in [2.05, 4.69) is 4.98 Å². The van der Waals surface area contributed by atoms with Gasteiger partial charge < -0.3 is 15.8 Å². The Hall–Kier alpha value is -2.52. The van der Waals surface area contributed by atoms with Crippen LogP contribution >= 0.6 is 0 Å². The zero-order valence-corrected chi connectivity index (χ0v) is 11.5. The van der Waals surface area contributed by atoms with Crippen LogP contribution in [0.4, 0.5) is 11.5 Å². The number of nitro groups is 1. The molecule has 0 fully saturated rings. The van der Waals surface area contributed by atoms with Crippen LogP contribution < -0.4 is 5.73 Å². The summed E-state index contributed by atoms with van der Waals surface area (Å²) in [6.07, 6.45) is 0.993.